The Kier molecular flexibility index (Phi) is 4.97. The SMILES string of the molecule is O=C(Cn1cnc2ccccc2c1=O)NCCc1ccc(-n2cccn2)cc1. The predicted molar refractivity (Wildman–Crippen MR) is 106 cm³/mol. The van der Waals surface area contributed by atoms with E-state index in [0.29, 0.717) is 23.9 Å². The summed E-state index contributed by atoms with van der Waals surface area (Å²) < 4.78 is 3.12. The minimum atomic E-state index is -0.215. The molecule has 0 atom stereocenters. The first-order valence-corrected chi connectivity index (χ1v) is 9.00. The van der Waals surface area contributed by atoms with E-state index in [1.54, 1.807) is 29.1 Å². The van der Waals surface area contributed by atoms with Crippen molar-refractivity contribution in [3.63, 3.8) is 0 Å². The van der Waals surface area contributed by atoms with Crippen LogP contribution in [0.3, 0.4) is 0 Å². The highest BCUT2D eigenvalue weighted by atomic mass is 16.2. The molecule has 4 rings (SSSR count). The van der Waals surface area contributed by atoms with Crippen molar-refractivity contribution in [3.05, 3.63) is 89.2 Å². The summed E-state index contributed by atoms with van der Waals surface area (Å²) in [7, 11) is 0. The normalized spacial score (nSPS) is 10.9. The number of aromatic nitrogens is 4. The molecule has 0 radical (unpaired) electrons. The highest BCUT2D eigenvalue weighted by Crippen LogP contribution is 2.09. The molecule has 28 heavy (non-hydrogen) atoms. The van der Waals surface area contributed by atoms with E-state index in [4.69, 9.17) is 0 Å². The lowest BCUT2D eigenvalue weighted by Gasteiger charge is -2.08. The quantitative estimate of drug-likeness (QED) is 0.560. The van der Waals surface area contributed by atoms with Crippen LogP contribution in [0, 0.1) is 0 Å². The number of amides is 1. The first-order chi connectivity index (χ1) is 13.7. The van der Waals surface area contributed by atoms with Crippen molar-refractivity contribution >= 4 is 16.8 Å². The van der Waals surface area contributed by atoms with Crippen LogP contribution in [-0.4, -0.2) is 31.8 Å². The third-order valence-corrected chi connectivity index (χ3v) is 4.49. The van der Waals surface area contributed by atoms with Crippen molar-refractivity contribution in [2.75, 3.05) is 6.54 Å². The second-order valence-electron chi connectivity index (χ2n) is 6.41. The fourth-order valence-electron chi connectivity index (χ4n) is 3.01. The Morgan fingerprint density at radius 1 is 1.04 bits per heavy atom. The third kappa shape index (κ3) is 3.83. The summed E-state index contributed by atoms with van der Waals surface area (Å²) in [6, 6.07) is 17.0. The van der Waals surface area contributed by atoms with Crippen molar-refractivity contribution in [2.24, 2.45) is 0 Å². The number of benzene rings is 2. The maximum absolute atomic E-state index is 12.4. The molecule has 0 aliphatic rings. The second-order valence-corrected chi connectivity index (χ2v) is 6.41. The number of rotatable bonds is 6. The molecule has 7 heteroatoms. The van der Waals surface area contributed by atoms with E-state index in [9.17, 15) is 9.59 Å². The van der Waals surface area contributed by atoms with E-state index >= 15 is 0 Å². The van der Waals surface area contributed by atoms with Crippen LogP contribution in [0.15, 0.2) is 78.1 Å². The van der Waals surface area contributed by atoms with Gasteiger partial charge in [0.05, 0.1) is 22.9 Å². The molecule has 1 N–H and O–H groups in total. The second kappa shape index (κ2) is 7.87. The van der Waals surface area contributed by atoms with Gasteiger partial charge in [-0.3, -0.25) is 14.2 Å². The first-order valence-electron chi connectivity index (χ1n) is 9.00. The summed E-state index contributed by atoms with van der Waals surface area (Å²) in [4.78, 5) is 28.8. The summed E-state index contributed by atoms with van der Waals surface area (Å²) in [6.45, 7) is 0.449. The molecule has 0 aliphatic heterocycles. The van der Waals surface area contributed by atoms with Gasteiger partial charge in [0, 0.05) is 18.9 Å². The van der Waals surface area contributed by atoms with Crippen molar-refractivity contribution in [1.82, 2.24) is 24.6 Å². The fraction of sp³-hybridized carbons (Fsp3) is 0.143. The van der Waals surface area contributed by atoms with Crippen LogP contribution < -0.4 is 10.9 Å². The molecule has 140 valence electrons. The van der Waals surface area contributed by atoms with Gasteiger partial charge in [0.15, 0.2) is 0 Å². The van der Waals surface area contributed by atoms with Crippen molar-refractivity contribution in [1.29, 1.82) is 0 Å². The van der Waals surface area contributed by atoms with E-state index in [1.165, 1.54) is 10.9 Å². The molecule has 1 amide bonds. The van der Waals surface area contributed by atoms with Crippen LogP contribution >= 0.6 is 0 Å². The predicted octanol–water partition coefficient (Wildman–Crippen LogP) is 1.94. The molecule has 2 aromatic carbocycles. The third-order valence-electron chi connectivity index (χ3n) is 4.49. The summed E-state index contributed by atoms with van der Waals surface area (Å²) >= 11 is 0. The first kappa shape index (κ1) is 17.7. The topological polar surface area (TPSA) is 81.8 Å². The summed E-state index contributed by atoms with van der Waals surface area (Å²) in [5, 5.41) is 7.56. The number of hydrogen-bond acceptors (Lipinski definition) is 4. The monoisotopic (exact) mass is 373 g/mol. The van der Waals surface area contributed by atoms with Crippen LogP contribution in [0.2, 0.25) is 0 Å². The minimum Gasteiger partial charge on any atom is -0.354 e. The molecular formula is C21H19N5O2. The molecule has 0 fully saturated rings. The number of carbonyl (C=O) groups excluding carboxylic acids is 1. The lowest BCUT2D eigenvalue weighted by atomic mass is 10.1. The number of nitrogens with zero attached hydrogens (tertiary/aromatic N) is 4. The summed E-state index contributed by atoms with van der Waals surface area (Å²) in [5.74, 6) is -0.215. The van der Waals surface area contributed by atoms with Gasteiger partial charge in [0.1, 0.15) is 6.54 Å². The average Bonchev–Trinajstić information content (AvgIpc) is 3.26. The van der Waals surface area contributed by atoms with Gasteiger partial charge in [-0.05, 0) is 42.3 Å². The fourth-order valence-corrected chi connectivity index (χ4v) is 3.01. The van der Waals surface area contributed by atoms with Crippen LogP contribution in [0.1, 0.15) is 5.56 Å². The molecule has 0 unspecified atom stereocenters. The van der Waals surface area contributed by atoms with E-state index in [0.717, 1.165) is 11.3 Å². The van der Waals surface area contributed by atoms with Gasteiger partial charge in [-0.15, -0.1) is 0 Å². The molecule has 7 nitrogen and oxygen atoms in total. The van der Waals surface area contributed by atoms with E-state index < -0.39 is 0 Å². The standard InChI is InChI=1S/C21H19N5O2/c27-20(14-25-15-23-19-5-2-1-4-18(19)21(25)28)22-12-10-16-6-8-17(9-7-16)26-13-3-11-24-26/h1-9,11,13,15H,10,12,14H2,(H,22,27). The minimum absolute atomic E-state index is 0.0467. The number of para-hydroxylation sites is 1. The van der Waals surface area contributed by atoms with E-state index in [1.807, 2.05) is 42.6 Å². The van der Waals surface area contributed by atoms with Gasteiger partial charge >= 0.3 is 0 Å². The Bertz CT molecular complexity index is 1150. The van der Waals surface area contributed by atoms with Gasteiger partial charge in [-0.2, -0.15) is 5.10 Å². The zero-order valence-electron chi connectivity index (χ0n) is 15.2. The van der Waals surface area contributed by atoms with Gasteiger partial charge in [0.25, 0.3) is 5.56 Å². The molecule has 0 bridgehead atoms. The molecule has 2 heterocycles. The number of fused-ring (bicyclic) bond motifs is 1. The lowest BCUT2D eigenvalue weighted by molar-refractivity contribution is -0.121. The van der Waals surface area contributed by atoms with Gasteiger partial charge in [0.2, 0.25) is 5.91 Å². The molecule has 2 aromatic heterocycles. The molecule has 0 saturated carbocycles. The van der Waals surface area contributed by atoms with Crippen LogP contribution in [0.25, 0.3) is 16.6 Å². The molecular weight excluding hydrogens is 354 g/mol. The molecule has 0 aliphatic carbocycles. The zero-order valence-corrected chi connectivity index (χ0v) is 15.2. The molecule has 0 spiro atoms. The summed E-state index contributed by atoms with van der Waals surface area (Å²) in [6.07, 6.45) is 5.74. The Balaban J connectivity index is 1.32. The van der Waals surface area contributed by atoms with E-state index in [2.05, 4.69) is 15.4 Å². The highest BCUT2D eigenvalue weighted by Gasteiger charge is 2.07. The number of carbonyl (C=O) groups is 1. The molecule has 4 aromatic rings. The number of hydrogen-bond donors (Lipinski definition) is 1. The summed E-state index contributed by atoms with van der Waals surface area (Å²) in [5.41, 5.74) is 2.51. The Morgan fingerprint density at radius 2 is 1.86 bits per heavy atom. The van der Waals surface area contributed by atoms with Gasteiger partial charge in [-0.1, -0.05) is 24.3 Å². The van der Waals surface area contributed by atoms with Crippen LogP contribution in [0.5, 0.6) is 0 Å². The Morgan fingerprint density at radius 3 is 2.64 bits per heavy atom. The zero-order chi connectivity index (χ0) is 19.3. The van der Waals surface area contributed by atoms with Gasteiger partial charge in [-0.25, -0.2) is 9.67 Å². The van der Waals surface area contributed by atoms with Gasteiger partial charge < -0.3 is 5.32 Å². The number of nitrogens with one attached hydrogen (secondary N) is 1. The molecule has 0 saturated heterocycles. The van der Waals surface area contributed by atoms with E-state index in [-0.39, 0.29) is 18.0 Å². The van der Waals surface area contributed by atoms with Crippen molar-refractivity contribution in [3.8, 4) is 5.69 Å². The smallest absolute Gasteiger partial charge is 0.261 e. The van der Waals surface area contributed by atoms with Crippen molar-refractivity contribution < 1.29 is 4.79 Å². The Labute approximate surface area is 161 Å². The average molecular weight is 373 g/mol. The lowest BCUT2D eigenvalue weighted by Crippen LogP contribution is -2.33. The van der Waals surface area contributed by atoms with Crippen LogP contribution in [-0.2, 0) is 17.8 Å². The largest absolute Gasteiger partial charge is 0.354 e. The van der Waals surface area contributed by atoms with Crippen molar-refractivity contribution in [2.45, 2.75) is 13.0 Å². The Hall–Kier alpha value is -3.74. The van der Waals surface area contributed by atoms with Crippen LogP contribution in [0.4, 0.5) is 0 Å². The maximum Gasteiger partial charge on any atom is 0.261 e. The maximum atomic E-state index is 12.4. The highest BCUT2D eigenvalue weighted by molar-refractivity contribution is 5.78.